The Morgan fingerprint density at radius 1 is 1.18 bits per heavy atom. The molecule has 0 saturated heterocycles. The molecule has 22 heavy (non-hydrogen) atoms. The van der Waals surface area contributed by atoms with Gasteiger partial charge in [-0.15, -0.1) is 18.3 Å². The number of benzene rings is 1. The van der Waals surface area contributed by atoms with Crippen molar-refractivity contribution < 1.29 is 22.6 Å². The number of hydrogen-bond acceptors (Lipinski definition) is 5. The van der Waals surface area contributed by atoms with Crippen LogP contribution in [0.2, 0.25) is 0 Å². The number of halogens is 3. The second-order valence-electron chi connectivity index (χ2n) is 4.49. The summed E-state index contributed by atoms with van der Waals surface area (Å²) in [4.78, 5) is 0. The van der Waals surface area contributed by atoms with Crippen molar-refractivity contribution in [3.05, 3.63) is 30.1 Å². The van der Waals surface area contributed by atoms with Crippen LogP contribution in [-0.4, -0.2) is 21.1 Å². The van der Waals surface area contributed by atoms with Crippen LogP contribution in [0.1, 0.15) is 25.7 Å². The lowest BCUT2D eigenvalue weighted by Gasteiger charge is -2.11. The third-order valence-electron chi connectivity index (χ3n) is 2.74. The number of aromatic nitrogens is 3. The summed E-state index contributed by atoms with van der Waals surface area (Å²) in [7, 11) is 0. The monoisotopic (exact) mass is 316 g/mol. The minimum atomic E-state index is -4.73. The zero-order valence-corrected chi connectivity index (χ0v) is 12.0. The predicted molar refractivity (Wildman–Crippen MR) is 71.5 cm³/mol. The fourth-order valence-corrected chi connectivity index (χ4v) is 1.82. The van der Waals surface area contributed by atoms with E-state index in [0.29, 0.717) is 18.1 Å². The van der Waals surface area contributed by atoms with E-state index in [4.69, 9.17) is 10.5 Å². The molecular formula is C13H15F3N4O2. The second kappa shape index (κ2) is 6.22. The highest BCUT2D eigenvalue weighted by atomic mass is 19.4. The fraction of sp³-hybridized carbons (Fsp3) is 0.385. The number of nitrogens with zero attached hydrogens (tertiary/aromatic N) is 3. The van der Waals surface area contributed by atoms with Crippen molar-refractivity contribution in [3.8, 4) is 17.5 Å². The molecule has 0 radical (unpaired) electrons. The minimum absolute atomic E-state index is 0.222. The molecule has 0 aliphatic heterocycles. The van der Waals surface area contributed by atoms with Crippen LogP contribution < -0.4 is 15.2 Å². The van der Waals surface area contributed by atoms with Crippen LogP contribution in [-0.2, 0) is 6.54 Å². The first-order chi connectivity index (χ1) is 10.3. The molecule has 0 fully saturated rings. The predicted octanol–water partition coefficient (Wildman–Crippen LogP) is 3.01. The van der Waals surface area contributed by atoms with Crippen molar-refractivity contribution in [2.45, 2.75) is 32.8 Å². The molecule has 0 bridgehead atoms. The molecule has 0 aliphatic rings. The first kappa shape index (κ1) is 16.1. The van der Waals surface area contributed by atoms with Crippen molar-refractivity contribution in [3.63, 3.8) is 0 Å². The van der Waals surface area contributed by atoms with E-state index in [0.717, 1.165) is 12.1 Å². The third kappa shape index (κ3) is 3.88. The zero-order chi connectivity index (χ0) is 16.3. The van der Waals surface area contributed by atoms with Crippen molar-refractivity contribution in [1.29, 1.82) is 0 Å². The van der Waals surface area contributed by atoms with Crippen molar-refractivity contribution in [1.82, 2.24) is 14.8 Å². The summed E-state index contributed by atoms with van der Waals surface area (Å²) in [5.74, 6) is 0.551. The minimum Gasteiger partial charge on any atom is -0.424 e. The van der Waals surface area contributed by atoms with E-state index in [-0.39, 0.29) is 17.8 Å². The molecule has 9 heteroatoms. The summed E-state index contributed by atoms with van der Waals surface area (Å²) in [6, 6.07) is 4.92. The lowest BCUT2D eigenvalue weighted by molar-refractivity contribution is -0.274. The Hall–Kier alpha value is -2.29. The Bertz CT molecular complexity index is 623. The van der Waals surface area contributed by atoms with E-state index in [1.165, 1.54) is 12.1 Å². The normalized spacial score (nSPS) is 13.0. The quantitative estimate of drug-likeness (QED) is 0.917. The molecule has 0 amide bonds. The first-order valence-corrected chi connectivity index (χ1v) is 6.52. The van der Waals surface area contributed by atoms with Crippen LogP contribution in [0.4, 0.5) is 13.2 Å². The van der Waals surface area contributed by atoms with Crippen molar-refractivity contribution in [2.24, 2.45) is 5.73 Å². The van der Waals surface area contributed by atoms with Crippen molar-refractivity contribution >= 4 is 0 Å². The van der Waals surface area contributed by atoms with Gasteiger partial charge in [-0.1, -0.05) is 5.10 Å². The fourth-order valence-electron chi connectivity index (χ4n) is 1.82. The summed E-state index contributed by atoms with van der Waals surface area (Å²) in [5.41, 5.74) is 5.77. The van der Waals surface area contributed by atoms with Crippen LogP contribution in [0, 0.1) is 0 Å². The topological polar surface area (TPSA) is 75.2 Å². The maximum atomic E-state index is 12.1. The maximum absolute atomic E-state index is 12.1. The van der Waals surface area contributed by atoms with Crippen LogP contribution >= 0.6 is 0 Å². The second-order valence-corrected chi connectivity index (χ2v) is 4.49. The molecule has 0 spiro atoms. The molecule has 2 rings (SSSR count). The summed E-state index contributed by atoms with van der Waals surface area (Å²) in [6.07, 6.45) is -4.73. The van der Waals surface area contributed by atoms with Crippen LogP contribution in [0.25, 0.3) is 0 Å². The highest BCUT2D eigenvalue weighted by Gasteiger charge is 2.31. The SMILES string of the molecule is CCn1c(Oc2ccc(OC(F)(F)F)cc2)nnc1[C@@H](C)N. The molecule has 1 aromatic carbocycles. The van der Waals surface area contributed by atoms with Gasteiger partial charge in [0.15, 0.2) is 5.82 Å². The molecule has 1 heterocycles. The van der Waals surface area contributed by atoms with Crippen LogP contribution in [0.5, 0.6) is 17.5 Å². The number of nitrogens with two attached hydrogens (primary N) is 1. The lowest BCUT2D eigenvalue weighted by atomic mass is 10.3. The highest BCUT2D eigenvalue weighted by molar-refractivity contribution is 5.33. The number of hydrogen-bond donors (Lipinski definition) is 1. The van der Waals surface area contributed by atoms with Gasteiger partial charge in [0.1, 0.15) is 11.5 Å². The van der Waals surface area contributed by atoms with E-state index >= 15 is 0 Å². The highest BCUT2D eigenvalue weighted by Crippen LogP contribution is 2.27. The van der Waals surface area contributed by atoms with E-state index in [1.807, 2.05) is 6.92 Å². The molecule has 1 atom stereocenters. The van der Waals surface area contributed by atoms with Crippen LogP contribution in [0.3, 0.4) is 0 Å². The molecule has 2 aromatic rings. The molecule has 120 valence electrons. The maximum Gasteiger partial charge on any atom is 0.573 e. The average molecular weight is 316 g/mol. The van der Waals surface area contributed by atoms with Gasteiger partial charge in [-0.05, 0) is 38.1 Å². The summed E-state index contributed by atoms with van der Waals surface area (Å²) >= 11 is 0. The summed E-state index contributed by atoms with van der Waals surface area (Å²) in [6.45, 7) is 4.19. The largest absolute Gasteiger partial charge is 0.573 e. The summed E-state index contributed by atoms with van der Waals surface area (Å²) in [5, 5.41) is 7.82. The average Bonchev–Trinajstić information content (AvgIpc) is 2.82. The number of alkyl halides is 3. The lowest BCUT2D eigenvalue weighted by Crippen LogP contribution is -2.16. The third-order valence-corrected chi connectivity index (χ3v) is 2.74. The van der Waals surface area contributed by atoms with Gasteiger partial charge in [0.2, 0.25) is 0 Å². The molecule has 0 unspecified atom stereocenters. The Morgan fingerprint density at radius 2 is 1.77 bits per heavy atom. The van der Waals surface area contributed by atoms with Crippen LogP contribution in [0.15, 0.2) is 24.3 Å². The van der Waals surface area contributed by atoms with Gasteiger partial charge in [0.05, 0.1) is 6.04 Å². The van der Waals surface area contributed by atoms with Gasteiger partial charge in [-0.25, -0.2) is 0 Å². The Morgan fingerprint density at radius 3 is 2.27 bits per heavy atom. The molecular weight excluding hydrogens is 301 g/mol. The van der Waals surface area contributed by atoms with Gasteiger partial charge in [-0.3, -0.25) is 4.57 Å². The number of rotatable bonds is 5. The molecule has 0 aliphatic carbocycles. The molecule has 6 nitrogen and oxygen atoms in total. The molecule has 1 aromatic heterocycles. The zero-order valence-electron chi connectivity index (χ0n) is 12.0. The Balaban J connectivity index is 2.14. The van der Waals surface area contributed by atoms with Gasteiger partial charge in [-0.2, -0.15) is 0 Å². The van der Waals surface area contributed by atoms with E-state index in [1.54, 1.807) is 11.5 Å². The molecule has 2 N–H and O–H groups in total. The standard InChI is InChI=1S/C13H15F3N4O2/c1-3-20-11(8(2)17)18-19-12(20)21-9-4-6-10(7-5-9)22-13(14,15)16/h4-8H,3,17H2,1-2H3/t8-/m1/s1. The van der Waals surface area contributed by atoms with Gasteiger partial charge in [0, 0.05) is 6.54 Å². The van der Waals surface area contributed by atoms with E-state index in [9.17, 15) is 13.2 Å². The smallest absolute Gasteiger partial charge is 0.424 e. The van der Waals surface area contributed by atoms with Gasteiger partial charge in [0.25, 0.3) is 0 Å². The van der Waals surface area contributed by atoms with Gasteiger partial charge >= 0.3 is 12.4 Å². The summed E-state index contributed by atoms with van der Waals surface area (Å²) < 4.78 is 47.2. The first-order valence-electron chi connectivity index (χ1n) is 6.52. The Kier molecular flexibility index (Phi) is 4.55. The van der Waals surface area contributed by atoms with E-state index in [2.05, 4.69) is 14.9 Å². The van der Waals surface area contributed by atoms with Gasteiger partial charge < -0.3 is 15.2 Å². The molecule has 0 saturated carbocycles. The van der Waals surface area contributed by atoms with E-state index < -0.39 is 6.36 Å². The Labute approximate surface area is 124 Å². The van der Waals surface area contributed by atoms with Crippen molar-refractivity contribution in [2.75, 3.05) is 0 Å². The number of ether oxygens (including phenoxy) is 2.